The fraction of sp³-hybridized carbons (Fsp3) is 0.429. The second-order valence-electron chi connectivity index (χ2n) is 5.00. The van der Waals surface area contributed by atoms with Gasteiger partial charge in [0.25, 0.3) is 5.91 Å². The second-order valence-corrected chi connectivity index (χ2v) is 6.32. The van der Waals surface area contributed by atoms with Crippen LogP contribution in [0.15, 0.2) is 22.7 Å². The third-order valence-corrected chi connectivity index (χ3v) is 4.07. The lowest BCUT2D eigenvalue weighted by molar-refractivity contribution is -0.124. The Labute approximate surface area is 131 Å². The highest BCUT2D eigenvalue weighted by molar-refractivity contribution is 9.10. The number of carbonyl (C=O) groups excluding carboxylic acids is 1. The molecule has 2 rings (SSSR count). The number of rotatable bonds is 5. The third kappa shape index (κ3) is 3.65. The summed E-state index contributed by atoms with van der Waals surface area (Å²) in [7, 11) is 0. The normalized spacial score (nSPS) is 16.9. The van der Waals surface area contributed by atoms with Gasteiger partial charge in [0.2, 0.25) is 0 Å². The van der Waals surface area contributed by atoms with E-state index in [0.717, 1.165) is 17.3 Å². The van der Waals surface area contributed by atoms with Crippen molar-refractivity contribution in [2.75, 3.05) is 6.61 Å². The van der Waals surface area contributed by atoms with E-state index in [0.29, 0.717) is 10.8 Å². The highest BCUT2D eigenvalue weighted by Crippen LogP contribution is 2.39. The molecular weight excluding hydrogens is 344 g/mol. The van der Waals surface area contributed by atoms with Crippen LogP contribution in [0, 0.1) is 17.2 Å². The molecule has 0 bridgehead atoms. The number of hydrogen-bond acceptors (Lipinski definition) is 3. The molecule has 1 atom stereocenters. The van der Waals surface area contributed by atoms with Gasteiger partial charge < -0.3 is 10.1 Å². The number of carbonyl (C=O) groups is 1. The molecule has 6 heteroatoms. The summed E-state index contributed by atoms with van der Waals surface area (Å²) in [5.74, 6) is 0.364. The zero-order valence-electron chi connectivity index (χ0n) is 11.0. The van der Waals surface area contributed by atoms with Gasteiger partial charge in [0.15, 0.2) is 6.61 Å². The SMILES string of the molecule is C[C@](C#N)(NC(=O)COc1ccc(Br)cc1Cl)C1CC1. The van der Waals surface area contributed by atoms with Gasteiger partial charge in [-0.15, -0.1) is 0 Å². The lowest BCUT2D eigenvalue weighted by atomic mass is 9.98. The van der Waals surface area contributed by atoms with Crippen LogP contribution in [0.1, 0.15) is 19.8 Å². The summed E-state index contributed by atoms with van der Waals surface area (Å²) in [6.07, 6.45) is 1.95. The van der Waals surface area contributed by atoms with Crippen LogP contribution in [-0.4, -0.2) is 18.1 Å². The lowest BCUT2D eigenvalue weighted by Gasteiger charge is -2.22. The molecule has 1 aromatic rings. The van der Waals surface area contributed by atoms with Gasteiger partial charge in [0, 0.05) is 4.47 Å². The Morgan fingerprint density at radius 3 is 2.90 bits per heavy atom. The predicted octanol–water partition coefficient (Wildman–Crippen LogP) is 3.29. The zero-order valence-corrected chi connectivity index (χ0v) is 13.3. The summed E-state index contributed by atoms with van der Waals surface area (Å²) in [4.78, 5) is 11.9. The molecule has 1 fully saturated rings. The quantitative estimate of drug-likeness (QED) is 0.879. The summed E-state index contributed by atoms with van der Waals surface area (Å²) in [5.41, 5.74) is -0.802. The van der Waals surface area contributed by atoms with Gasteiger partial charge in [-0.1, -0.05) is 27.5 Å². The van der Waals surface area contributed by atoms with Crippen LogP contribution in [0.25, 0.3) is 0 Å². The first kappa shape index (κ1) is 15.1. The smallest absolute Gasteiger partial charge is 0.259 e. The molecule has 20 heavy (non-hydrogen) atoms. The average molecular weight is 358 g/mol. The van der Waals surface area contributed by atoms with E-state index in [1.54, 1.807) is 25.1 Å². The number of nitrogens with zero attached hydrogens (tertiary/aromatic N) is 1. The van der Waals surface area contributed by atoms with Crippen molar-refractivity contribution in [2.24, 2.45) is 5.92 Å². The summed E-state index contributed by atoms with van der Waals surface area (Å²) < 4.78 is 6.21. The van der Waals surface area contributed by atoms with E-state index in [2.05, 4.69) is 27.3 Å². The van der Waals surface area contributed by atoms with Crippen molar-refractivity contribution in [2.45, 2.75) is 25.3 Å². The molecule has 0 saturated heterocycles. The Hall–Kier alpha value is -1.25. The molecule has 0 radical (unpaired) electrons. The highest BCUT2D eigenvalue weighted by Gasteiger charge is 2.43. The van der Waals surface area contributed by atoms with Crippen LogP contribution >= 0.6 is 27.5 Å². The highest BCUT2D eigenvalue weighted by atomic mass is 79.9. The van der Waals surface area contributed by atoms with Gasteiger partial charge in [-0.2, -0.15) is 5.26 Å². The van der Waals surface area contributed by atoms with Crippen LogP contribution < -0.4 is 10.1 Å². The Bertz CT molecular complexity index is 569. The van der Waals surface area contributed by atoms with Gasteiger partial charge in [-0.25, -0.2) is 0 Å². The molecule has 0 heterocycles. The van der Waals surface area contributed by atoms with E-state index in [1.165, 1.54) is 0 Å². The Balaban J connectivity index is 1.90. The van der Waals surface area contributed by atoms with Crippen molar-refractivity contribution in [3.63, 3.8) is 0 Å². The number of hydrogen-bond donors (Lipinski definition) is 1. The monoisotopic (exact) mass is 356 g/mol. The number of amides is 1. The standard InChI is InChI=1S/C14H14BrClN2O2/c1-14(8-17,9-2-3-9)18-13(19)7-20-12-5-4-10(15)6-11(12)16/h4-6,9H,2-3,7H2,1H3,(H,18,19)/t14-/m1/s1. The zero-order chi connectivity index (χ0) is 14.8. The van der Waals surface area contributed by atoms with Gasteiger partial charge >= 0.3 is 0 Å². The minimum Gasteiger partial charge on any atom is -0.482 e. The van der Waals surface area contributed by atoms with Gasteiger partial charge in [0.05, 0.1) is 11.1 Å². The number of nitrogens with one attached hydrogen (secondary N) is 1. The molecule has 106 valence electrons. The molecule has 1 aliphatic rings. The molecule has 1 amide bonds. The molecule has 0 aliphatic heterocycles. The summed E-state index contributed by atoms with van der Waals surface area (Å²) in [6.45, 7) is 1.58. The average Bonchev–Trinajstić information content (AvgIpc) is 3.22. The van der Waals surface area contributed by atoms with Crippen LogP contribution in [-0.2, 0) is 4.79 Å². The van der Waals surface area contributed by atoms with Gasteiger partial charge in [0.1, 0.15) is 11.3 Å². The molecule has 4 nitrogen and oxygen atoms in total. The first-order chi connectivity index (χ1) is 9.44. The Morgan fingerprint density at radius 2 is 2.35 bits per heavy atom. The molecule has 0 unspecified atom stereocenters. The van der Waals surface area contributed by atoms with Crippen LogP contribution in [0.5, 0.6) is 5.75 Å². The van der Waals surface area contributed by atoms with Crippen molar-refractivity contribution in [3.8, 4) is 11.8 Å². The van der Waals surface area contributed by atoms with Crippen molar-refractivity contribution < 1.29 is 9.53 Å². The predicted molar refractivity (Wildman–Crippen MR) is 79.5 cm³/mol. The molecule has 1 aliphatic carbocycles. The molecule has 0 spiro atoms. The second kappa shape index (κ2) is 6.02. The van der Waals surface area contributed by atoms with Gasteiger partial charge in [-0.3, -0.25) is 4.79 Å². The Morgan fingerprint density at radius 1 is 1.65 bits per heavy atom. The van der Waals surface area contributed by atoms with E-state index < -0.39 is 5.54 Å². The first-order valence-corrected chi connectivity index (χ1v) is 7.42. The number of halogens is 2. The van der Waals surface area contributed by atoms with E-state index >= 15 is 0 Å². The maximum atomic E-state index is 11.9. The van der Waals surface area contributed by atoms with E-state index in [4.69, 9.17) is 16.3 Å². The molecule has 1 saturated carbocycles. The number of nitriles is 1. The van der Waals surface area contributed by atoms with Crippen molar-refractivity contribution in [1.29, 1.82) is 5.26 Å². The number of benzene rings is 1. The molecule has 1 aromatic carbocycles. The van der Waals surface area contributed by atoms with E-state index in [1.807, 2.05) is 0 Å². The molecular formula is C14H14BrClN2O2. The minimum atomic E-state index is -0.802. The van der Waals surface area contributed by atoms with Crippen LogP contribution in [0.3, 0.4) is 0 Å². The van der Waals surface area contributed by atoms with Crippen molar-refractivity contribution >= 4 is 33.4 Å². The minimum absolute atomic E-state index is 0.161. The Kier molecular flexibility index (Phi) is 4.56. The maximum absolute atomic E-state index is 11.9. The van der Waals surface area contributed by atoms with Crippen LogP contribution in [0.4, 0.5) is 0 Å². The first-order valence-electron chi connectivity index (χ1n) is 6.25. The largest absolute Gasteiger partial charge is 0.482 e. The maximum Gasteiger partial charge on any atom is 0.259 e. The summed E-state index contributed by atoms with van der Waals surface area (Å²) in [5, 5.41) is 12.3. The van der Waals surface area contributed by atoms with Crippen molar-refractivity contribution in [1.82, 2.24) is 5.32 Å². The lowest BCUT2D eigenvalue weighted by Crippen LogP contribution is -2.48. The van der Waals surface area contributed by atoms with E-state index in [-0.39, 0.29) is 18.4 Å². The van der Waals surface area contributed by atoms with Crippen LogP contribution in [0.2, 0.25) is 5.02 Å². The third-order valence-electron chi connectivity index (χ3n) is 3.28. The summed E-state index contributed by atoms with van der Waals surface area (Å²) in [6, 6.07) is 7.33. The summed E-state index contributed by atoms with van der Waals surface area (Å²) >= 11 is 9.29. The van der Waals surface area contributed by atoms with E-state index in [9.17, 15) is 10.1 Å². The fourth-order valence-corrected chi connectivity index (χ4v) is 2.67. The topological polar surface area (TPSA) is 62.1 Å². The number of ether oxygens (including phenoxy) is 1. The van der Waals surface area contributed by atoms with Crippen molar-refractivity contribution in [3.05, 3.63) is 27.7 Å². The molecule has 1 N–H and O–H groups in total. The fourth-order valence-electron chi connectivity index (χ4n) is 1.94. The van der Waals surface area contributed by atoms with Gasteiger partial charge in [-0.05, 0) is 43.9 Å². The molecule has 0 aromatic heterocycles.